The molecule has 3 heteroatoms. The minimum absolute atomic E-state index is 0.169. The van der Waals surface area contributed by atoms with E-state index in [0.29, 0.717) is 11.3 Å². The lowest BCUT2D eigenvalue weighted by Crippen LogP contribution is -2.53. The van der Waals surface area contributed by atoms with Crippen molar-refractivity contribution in [3.05, 3.63) is 0 Å². The van der Waals surface area contributed by atoms with Crippen LogP contribution >= 0.6 is 0 Å². The number of rotatable bonds is 2. The number of carboxylic acid groups (broad SMARTS) is 1. The summed E-state index contributed by atoms with van der Waals surface area (Å²) in [5, 5.41) is 9.63. The topological polar surface area (TPSA) is 40.5 Å². The van der Waals surface area contributed by atoms with E-state index in [1.807, 2.05) is 0 Å². The molecule has 0 amide bonds. The van der Waals surface area contributed by atoms with Crippen LogP contribution in [0.5, 0.6) is 0 Å². The monoisotopic (exact) mass is 295 g/mol. The highest BCUT2D eigenvalue weighted by Crippen LogP contribution is 2.43. The van der Waals surface area contributed by atoms with Gasteiger partial charge in [0.2, 0.25) is 0 Å². The molecule has 0 aromatic heterocycles. The van der Waals surface area contributed by atoms with Crippen LogP contribution in [0.1, 0.15) is 66.7 Å². The number of aliphatic carboxylic acids is 1. The van der Waals surface area contributed by atoms with Gasteiger partial charge >= 0.3 is 5.97 Å². The fourth-order valence-corrected chi connectivity index (χ4v) is 4.38. The normalized spacial score (nSPS) is 34.6. The third-order valence-corrected chi connectivity index (χ3v) is 5.76. The quantitative estimate of drug-likeness (QED) is 0.836. The zero-order valence-electron chi connectivity index (χ0n) is 14.5. The van der Waals surface area contributed by atoms with Crippen molar-refractivity contribution < 1.29 is 9.90 Å². The second-order valence-corrected chi connectivity index (χ2v) is 9.13. The summed E-state index contributed by atoms with van der Waals surface area (Å²) < 4.78 is 0. The average molecular weight is 295 g/mol. The molecule has 3 atom stereocenters. The molecule has 0 aromatic carbocycles. The Morgan fingerprint density at radius 2 is 1.90 bits per heavy atom. The largest absolute Gasteiger partial charge is 0.481 e. The molecule has 3 unspecified atom stereocenters. The fourth-order valence-electron chi connectivity index (χ4n) is 4.38. The van der Waals surface area contributed by atoms with Gasteiger partial charge in [0.25, 0.3) is 0 Å². The summed E-state index contributed by atoms with van der Waals surface area (Å²) in [6.07, 6.45) is 5.43. The Labute approximate surface area is 130 Å². The van der Waals surface area contributed by atoms with Crippen LogP contribution < -0.4 is 0 Å². The Balaban J connectivity index is 2.16. The molecule has 0 bridgehead atoms. The standard InChI is InChI=1S/C18H33NO2/c1-17(2,3)13-7-8-14(16(20)21)15(11-13)19-10-6-9-18(4,5)12-19/h13-15H,6-12H2,1-5H3,(H,20,21). The maximum absolute atomic E-state index is 11.7. The molecular weight excluding hydrogens is 262 g/mol. The van der Waals surface area contributed by atoms with Gasteiger partial charge in [-0.1, -0.05) is 34.6 Å². The third kappa shape index (κ3) is 4.00. The lowest BCUT2D eigenvalue weighted by molar-refractivity contribution is -0.147. The molecule has 3 nitrogen and oxygen atoms in total. The van der Waals surface area contributed by atoms with E-state index in [-0.39, 0.29) is 17.4 Å². The van der Waals surface area contributed by atoms with Crippen LogP contribution in [0.3, 0.4) is 0 Å². The molecule has 122 valence electrons. The van der Waals surface area contributed by atoms with E-state index in [4.69, 9.17) is 0 Å². The van der Waals surface area contributed by atoms with Crippen LogP contribution in [0.25, 0.3) is 0 Å². The highest BCUT2D eigenvalue weighted by Gasteiger charge is 2.43. The highest BCUT2D eigenvalue weighted by molar-refractivity contribution is 5.71. The Bertz CT molecular complexity index is 380. The molecule has 1 saturated heterocycles. The second-order valence-electron chi connectivity index (χ2n) is 9.13. The second kappa shape index (κ2) is 5.91. The van der Waals surface area contributed by atoms with Crippen molar-refractivity contribution >= 4 is 5.97 Å². The first-order valence-corrected chi connectivity index (χ1v) is 8.57. The van der Waals surface area contributed by atoms with Crippen LogP contribution in [0.15, 0.2) is 0 Å². The number of piperidine rings is 1. The molecule has 0 aromatic rings. The van der Waals surface area contributed by atoms with Gasteiger partial charge in [-0.25, -0.2) is 0 Å². The maximum Gasteiger partial charge on any atom is 0.308 e. The zero-order valence-corrected chi connectivity index (χ0v) is 14.5. The number of nitrogens with zero attached hydrogens (tertiary/aromatic N) is 1. The molecule has 21 heavy (non-hydrogen) atoms. The smallest absolute Gasteiger partial charge is 0.308 e. The van der Waals surface area contributed by atoms with Crippen LogP contribution in [-0.4, -0.2) is 35.1 Å². The third-order valence-electron chi connectivity index (χ3n) is 5.76. The SMILES string of the molecule is CC1(C)CCCN(C2CC(C(C)(C)C)CCC2C(=O)O)C1. The van der Waals surface area contributed by atoms with Crippen LogP contribution in [0.2, 0.25) is 0 Å². The van der Waals surface area contributed by atoms with E-state index < -0.39 is 5.97 Å². The first-order valence-electron chi connectivity index (χ1n) is 8.57. The molecule has 1 N–H and O–H groups in total. The predicted octanol–water partition coefficient (Wildman–Crippen LogP) is 4.02. The number of hydrogen-bond donors (Lipinski definition) is 1. The molecule has 1 aliphatic carbocycles. The molecule has 1 heterocycles. The zero-order chi connectivity index (χ0) is 15.8. The van der Waals surface area contributed by atoms with E-state index >= 15 is 0 Å². The van der Waals surface area contributed by atoms with E-state index in [2.05, 4.69) is 39.5 Å². The lowest BCUT2D eigenvalue weighted by atomic mass is 9.67. The van der Waals surface area contributed by atoms with Crippen molar-refractivity contribution in [3.63, 3.8) is 0 Å². The van der Waals surface area contributed by atoms with Crippen molar-refractivity contribution in [2.45, 2.75) is 72.8 Å². The Hall–Kier alpha value is -0.570. The van der Waals surface area contributed by atoms with Crippen LogP contribution in [0.4, 0.5) is 0 Å². The highest BCUT2D eigenvalue weighted by atomic mass is 16.4. The maximum atomic E-state index is 11.7. The van der Waals surface area contributed by atoms with Gasteiger partial charge in [0, 0.05) is 12.6 Å². The fraction of sp³-hybridized carbons (Fsp3) is 0.944. The average Bonchev–Trinajstić information content (AvgIpc) is 2.35. The van der Waals surface area contributed by atoms with Gasteiger partial charge in [0.05, 0.1) is 5.92 Å². The summed E-state index contributed by atoms with van der Waals surface area (Å²) in [6, 6.07) is 0.236. The van der Waals surface area contributed by atoms with E-state index in [1.54, 1.807) is 0 Å². The van der Waals surface area contributed by atoms with Gasteiger partial charge in [-0.2, -0.15) is 0 Å². The molecule has 2 rings (SSSR count). The lowest BCUT2D eigenvalue weighted by Gasteiger charge is -2.49. The van der Waals surface area contributed by atoms with Crippen molar-refractivity contribution in [1.29, 1.82) is 0 Å². The van der Waals surface area contributed by atoms with Gasteiger partial charge in [0.15, 0.2) is 0 Å². The van der Waals surface area contributed by atoms with E-state index in [1.165, 1.54) is 12.8 Å². The van der Waals surface area contributed by atoms with Gasteiger partial charge < -0.3 is 5.11 Å². The van der Waals surface area contributed by atoms with Gasteiger partial charge in [-0.15, -0.1) is 0 Å². The molecule has 0 radical (unpaired) electrons. The van der Waals surface area contributed by atoms with E-state index in [0.717, 1.165) is 32.4 Å². The van der Waals surface area contributed by atoms with Gasteiger partial charge in [-0.3, -0.25) is 9.69 Å². The summed E-state index contributed by atoms with van der Waals surface area (Å²) in [5.41, 5.74) is 0.614. The number of carbonyl (C=O) groups is 1. The van der Waals surface area contributed by atoms with Crippen molar-refractivity contribution in [3.8, 4) is 0 Å². The molecule has 2 fully saturated rings. The number of carboxylic acids is 1. The summed E-state index contributed by atoms with van der Waals surface area (Å²) in [7, 11) is 0. The summed E-state index contributed by atoms with van der Waals surface area (Å²) >= 11 is 0. The molecule has 1 aliphatic heterocycles. The van der Waals surface area contributed by atoms with Crippen molar-refractivity contribution in [2.24, 2.45) is 22.7 Å². The molecule has 0 spiro atoms. The molecule has 1 saturated carbocycles. The summed E-state index contributed by atoms with van der Waals surface area (Å²) in [6.45, 7) is 13.7. The number of likely N-dealkylation sites (tertiary alicyclic amines) is 1. The van der Waals surface area contributed by atoms with Gasteiger partial charge in [0.1, 0.15) is 0 Å². The molecular formula is C18H33NO2. The van der Waals surface area contributed by atoms with Crippen LogP contribution in [-0.2, 0) is 4.79 Å². The van der Waals surface area contributed by atoms with Crippen molar-refractivity contribution in [2.75, 3.05) is 13.1 Å². The minimum Gasteiger partial charge on any atom is -0.481 e. The summed E-state index contributed by atoms with van der Waals surface area (Å²) in [4.78, 5) is 14.2. The Kier molecular flexibility index (Phi) is 4.72. The molecule has 2 aliphatic rings. The van der Waals surface area contributed by atoms with Gasteiger partial charge in [-0.05, 0) is 55.4 Å². The Morgan fingerprint density at radius 3 is 2.43 bits per heavy atom. The van der Waals surface area contributed by atoms with Crippen LogP contribution in [0, 0.1) is 22.7 Å². The van der Waals surface area contributed by atoms with Crippen molar-refractivity contribution in [1.82, 2.24) is 4.90 Å². The number of hydrogen-bond acceptors (Lipinski definition) is 2. The Morgan fingerprint density at radius 1 is 1.24 bits per heavy atom. The first kappa shape index (κ1) is 16.8. The summed E-state index contributed by atoms with van der Waals surface area (Å²) in [5.74, 6) is -0.114. The first-order chi connectivity index (χ1) is 9.60. The minimum atomic E-state index is -0.587. The predicted molar refractivity (Wildman–Crippen MR) is 86.3 cm³/mol. The van der Waals surface area contributed by atoms with E-state index in [9.17, 15) is 9.90 Å².